The fourth-order valence-electron chi connectivity index (χ4n) is 2.93. The van der Waals surface area contributed by atoms with E-state index < -0.39 is 0 Å². The van der Waals surface area contributed by atoms with Crippen LogP contribution in [0, 0.1) is 0 Å². The molecular formula is C21H29NO2. The van der Waals surface area contributed by atoms with E-state index in [1.54, 1.807) is 14.2 Å². The maximum atomic E-state index is 5.55. The summed E-state index contributed by atoms with van der Waals surface area (Å²) >= 11 is 0. The highest BCUT2D eigenvalue weighted by atomic mass is 16.5. The largest absolute Gasteiger partial charge is 0.497 e. The molecule has 0 fully saturated rings. The molecule has 0 atom stereocenters. The molecule has 2 aromatic carbocycles. The van der Waals surface area contributed by atoms with Gasteiger partial charge in [0, 0.05) is 18.7 Å². The van der Waals surface area contributed by atoms with Gasteiger partial charge in [0.05, 0.1) is 19.9 Å². The van der Waals surface area contributed by atoms with Crippen molar-refractivity contribution in [3.8, 4) is 11.5 Å². The lowest BCUT2D eigenvalue weighted by Gasteiger charge is -2.30. The van der Waals surface area contributed by atoms with E-state index >= 15 is 0 Å². The van der Waals surface area contributed by atoms with Crippen molar-refractivity contribution in [3.05, 3.63) is 54.1 Å². The molecule has 0 radical (unpaired) electrons. The number of unbranched alkanes of at least 4 members (excludes halogenated alkanes) is 1. The standard InChI is InChI=1S/C21H29NO2/c1-17(2)22(15-9-8-12-18-10-6-5-7-11-18)20-16-19(23-3)13-14-21(20)24-4/h5-7,10-11,13-14,16-17H,8-9,12,15H2,1-4H3. The third-order valence-corrected chi connectivity index (χ3v) is 4.28. The Bertz CT molecular complexity index is 610. The van der Waals surface area contributed by atoms with Crippen molar-refractivity contribution in [2.24, 2.45) is 0 Å². The first-order valence-electron chi connectivity index (χ1n) is 8.68. The van der Waals surface area contributed by atoms with E-state index in [9.17, 15) is 0 Å². The quantitative estimate of drug-likeness (QED) is 0.609. The van der Waals surface area contributed by atoms with Gasteiger partial charge in [-0.15, -0.1) is 0 Å². The van der Waals surface area contributed by atoms with Gasteiger partial charge in [-0.1, -0.05) is 30.3 Å². The molecule has 24 heavy (non-hydrogen) atoms. The first-order valence-corrected chi connectivity index (χ1v) is 8.68. The molecule has 0 aliphatic rings. The van der Waals surface area contributed by atoms with E-state index in [0.717, 1.165) is 36.6 Å². The van der Waals surface area contributed by atoms with Crippen LogP contribution in [0.25, 0.3) is 0 Å². The molecule has 0 unspecified atom stereocenters. The van der Waals surface area contributed by atoms with Gasteiger partial charge in [-0.2, -0.15) is 0 Å². The lowest BCUT2D eigenvalue weighted by molar-refractivity contribution is 0.401. The van der Waals surface area contributed by atoms with Crippen molar-refractivity contribution >= 4 is 5.69 Å². The Hall–Kier alpha value is -2.16. The SMILES string of the molecule is COc1ccc(OC)c(N(CCCCc2ccccc2)C(C)C)c1. The third-order valence-electron chi connectivity index (χ3n) is 4.28. The van der Waals surface area contributed by atoms with Crippen LogP contribution in [0.3, 0.4) is 0 Å². The first-order chi connectivity index (χ1) is 11.7. The van der Waals surface area contributed by atoms with Crippen molar-refractivity contribution in [2.45, 2.75) is 39.2 Å². The van der Waals surface area contributed by atoms with Crippen LogP contribution in [-0.2, 0) is 6.42 Å². The molecule has 0 saturated carbocycles. The Morgan fingerprint density at radius 2 is 1.67 bits per heavy atom. The molecular weight excluding hydrogens is 298 g/mol. The minimum atomic E-state index is 0.405. The van der Waals surface area contributed by atoms with Crippen LogP contribution < -0.4 is 14.4 Å². The summed E-state index contributed by atoms with van der Waals surface area (Å²) in [6, 6.07) is 17.1. The number of hydrogen-bond acceptors (Lipinski definition) is 3. The molecule has 2 rings (SSSR count). The topological polar surface area (TPSA) is 21.7 Å². The summed E-state index contributed by atoms with van der Waals surface area (Å²) in [5.41, 5.74) is 2.51. The highest BCUT2D eigenvalue weighted by molar-refractivity contribution is 5.62. The highest BCUT2D eigenvalue weighted by Gasteiger charge is 2.16. The fraction of sp³-hybridized carbons (Fsp3) is 0.429. The summed E-state index contributed by atoms with van der Waals surface area (Å²) in [7, 11) is 3.42. The maximum absolute atomic E-state index is 5.55. The second-order valence-corrected chi connectivity index (χ2v) is 6.27. The predicted molar refractivity (Wildman–Crippen MR) is 101 cm³/mol. The average molecular weight is 327 g/mol. The van der Waals surface area contributed by atoms with Gasteiger partial charge in [-0.05, 0) is 50.8 Å². The highest BCUT2D eigenvalue weighted by Crippen LogP contribution is 2.33. The molecule has 0 saturated heterocycles. The second kappa shape index (κ2) is 9.21. The van der Waals surface area contributed by atoms with E-state index in [-0.39, 0.29) is 0 Å². The molecule has 3 heteroatoms. The molecule has 0 bridgehead atoms. The van der Waals surface area contributed by atoms with E-state index in [2.05, 4.69) is 55.1 Å². The van der Waals surface area contributed by atoms with Crippen molar-refractivity contribution in [3.63, 3.8) is 0 Å². The lowest BCUT2D eigenvalue weighted by Crippen LogP contribution is -2.32. The van der Waals surface area contributed by atoms with Gasteiger partial charge in [0.2, 0.25) is 0 Å². The zero-order valence-corrected chi connectivity index (χ0v) is 15.3. The Labute approximate surface area is 146 Å². The van der Waals surface area contributed by atoms with E-state index in [0.29, 0.717) is 6.04 Å². The Morgan fingerprint density at radius 1 is 0.917 bits per heavy atom. The second-order valence-electron chi connectivity index (χ2n) is 6.27. The number of nitrogens with zero attached hydrogens (tertiary/aromatic N) is 1. The fourth-order valence-corrected chi connectivity index (χ4v) is 2.93. The van der Waals surface area contributed by atoms with Crippen molar-refractivity contribution in [1.82, 2.24) is 0 Å². The van der Waals surface area contributed by atoms with Crippen LogP contribution in [0.5, 0.6) is 11.5 Å². The normalized spacial score (nSPS) is 10.7. The van der Waals surface area contributed by atoms with Crippen LogP contribution in [0.4, 0.5) is 5.69 Å². The molecule has 3 nitrogen and oxygen atoms in total. The van der Waals surface area contributed by atoms with Gasteiger partial charge in [0.1, 0.15) is 11.5 Å². The maximum Gasteiger partial charge on any atom is 0.142 e. The lowest BCUT2D eigenvalue weighted by atomic mass is 10.1. The van der Waals surface area contributed by atoms with Gasteiger partial charge < -0.3 is 14.4 Å². The van der Waals surface area contributed by atoms with Gasteiger partial charge in [-0.3, -0.25) is 0 Å². The molecule has 0 amide bonds. The predicted octanol–water partition coefficient (Wildman–Crippen LogP) is 4.94. The Balaban J connectivity index is 2.01. The molecule has 0 aliphatic carbocycles. The van der Waals surface area contributed by atoms with Gasteiger partial charge >= 0.3 is 0 Å². The number of methoxy groups -OCH3 is 2. The number of hydrogen-bond donors (Lipinski definition) is 0. The molecule has 0 aromatic heterocycles. The molecule has 130 valence electrons. The van der Waals surface area contributed by atoms with Crippen LogP contribution >= 0.6 is 0 Å². The van der Waals surface area contributed by atoms with E-state index in [1.807, 2.05) is 12.1 Å². The minimum Gasteiger partial charge on any atom is -0.497 e. The molecule has 2 aromatic rings. The smallest absolute Gasteiger partial charge is 0.142 e. The van der Waals surface area contributed by atoms with Crippen LogP contribution in [-0.4, -0.2) is 26.8 Å². The summed E-state index contributed by atoms with van der Waals surface area (Å²) in [6.45, 7) is 5.44. The van der Waals surface area contributed by atoms with Crippen molar-refractivity contribution in [2.75, 3.05) is 25.7 Å². The van der Waals surface area contributed by atoms with E-state index in [4.69, 9.17) is 9.47 Å². The summed E-state index contributed by atoms with van der Waals surface area (Å²) in [4.78, 5) is 2.40. The van der Waals surface area contributed by atoms with E-state index in [1.165, 1.54) is 12.0 Å². The van der Waals surface area contributed by atoms with Crippen molar-refractivity contribution in [1.29, 1.82) is 0 Å². The van der Waals surface area contributed by atoms with Crippen molar-refractivity contribution < 1.29 is 9.47 Å². The Kier molecular flexibility index (Phi) is 6.98. The number of ether oxygens (including phenoxy) is 2. The molecule has 0 spiro atoms. The Morgan fingerprint density at radius 3 is 2.29 bits per heavy atom. The van der Waals surface area contributed by atoms with Crippen LogP contribution in [0.2, 0.25) is 0 Å². The number of rotatable bonds is 9. The minimum absolute atomic E-state index is 0.405. The first kappa shape index (κ1) is 18.2. The number of anilines is 1. The van der Waals surface area contributed by atoms with Gasteiger partial charge in [0.25, 0.3) is 0 Å². The molecule has 0 heterocycles. The molecule has 0 aliphatic heterocycles. The zero-order valence-electron chi connectivity index (χ0n) is 15.3. The monoisotopic (exact) mass is 327 g/mol. The number of aryl methyl sites for hydroxylation is 1. The summed E-state index contributed by atoms with van der Waals surface area (Å²) in [5, 5.41) is 0. The number of benzene rings is 2. The summed E-state index contributed by atoms with van der Waals surface area (Å²) in [5.74, 6) is 1.76. The average Bonchev–Trinajstić information content (AvgIpc) is 2.61. The van der Waals surface area contributed by atoms with Gasteiger partial charge in [-0.25, -0.2) is 0 Å². The van der Waals surface area contributed by atoms with Crippen LogP contribution in [0.15, 0.2) is 48.5 Å². The van der Waals surface area contributed by atoms with Crippen LogP contribution in [0.1, 0.15) is 32.3 Å². The molecule has 0 N–H and O–H groups in total. The third kappa shape index (κ3) is 4.92. The van der Waals surface area contributed by atoms with Gasteiger partial charge in [0.15, 0.2) is 0 Å². The zero-order chi connectivity index (χ0) is 17.4. The summed E-state index contributed by atoms with van der Waals surface area (Å²) in [6.07, 6.45) is 3.45. The summed E-state index contributed by atoms with van der Waals surface area (Å²) < 4.78 is 10.9.